The van der Waals surface area contributed by atoms with Gasteiger partial charge in [-0.3, -0.25) is 9.59 Å². The average molecular weight is 288 g/mol. The van der Waals surface area contributed by atoms with Gasteiger partial charge >= 0.3 is 0 Å². The van der Waals surface area contributed by atoms with E-state index >= 15 is 0 Å². The number of nitrogens with one attached hydrogen (secondary N) is 2. The lowest BCUT2D eigenvalue weighted by Crippen LogP contribution is -2.39. The fraction of sp³-hybridized carbons (Fsp3) is 0.385. The summed E-state index contributed by atoms with van der Waals surface area (Å²) in [4.78, 5) is 23.0. The van der Waals surface area contributed by atoms with E-state index in [1.807, 2.05) is 5.32 Å². The lowest BCUT2D eigenvalue weighted by molar-refractivity contribution is -0.130. The maximum Gasteiger partial charge on any atom is 0.243 e. The molecule has 0 saturated carbocycles. The summed E-state index contributed by atoms with van der Waals surface area (Å²) < 4.78 is 38.9. The van der Waals surface area contributed by atoms with Gasteiger partial charge in [0.05, 0.1) is 12.2 Å². The highest BCUT2D eigenvalue weighted by molar-refractivity contribution is 5.95. The van der Waals surface area contributed by atoms with Crippen LogP contribution in [-0.4, -0.2) is 18.4 Å². The number of carbonyl (C=O) groups excluding carboxylic acids is 2. The molecule has 0 aliphatic rings. The second kappa shape index (κ2) is 5.94. The Balaban J connectivity index is 2.64. The molecule has 0 aliphatic carbocycles. The highest BCUT2D eigenvalue weighted by Crippen LogP contribution is 2.19. The Morgan fingerprint density at radius 1 is 1.10 bits per heavy atom. The van der Waals surface area contributed by atoms with Crippen LogP contribution in [0.3, 0.4) is 0 Å². The number of amides is 2. The molecule has 0 radical (unpaired) electrons. The van der Waals surface area contributed by atoms with Gasteiger partial charge in [0.1, 0.15) is 0 Å². The third-order valence-corrected chi connectivity index (χ3v) is 2.40. The molecule has 0 heterocycles. The number of halogens is 3. The van der Waals surface area contributed by atoms with Gasteiger partial charge in [-0.15, -0.1) is 0 Å². The normalized spacial score (nSPS) is 11.1. The van der Waals surface area contributed by atoms with Crippen molar-refractivity contribution >= 4 is 17.5 Å². The molecular formula is C13H15F3N2O2. The largest absolute Gasteiger partial charge is 0.347 e. The fourth-order valence-corrected chi connectivity index (χ4v) is 1.24. The molecule has 0 aliphatic heterocycles. The molecule has 0 fully saturated rings. The van der Waals surface area contributed by atoms with Crippen molar-refractivity contribution in [1.29, 1.82) is 0 Å². The van der Waals surface area contributed by atoms with Gasteiger partial charge in [0.2, 0.25) is 11.8 Å². The van der Waals surface area contributed by atoms with Crippen LogP contribution in [0.1, 0.15) is 20.8 Å². The maximum absolute atomic E-state index is 13.3. The molecule has 2 amide bonds. The average Bonchev–Trinajstić information content (AvgIpc) is 2.35. The fourth-order valence-electron chi connectivity index (χ4n) is 1.24. The lowest BCUT2D eigenvalue weighted by atomic mass is 9.96. The Labute approximate surface area is 114 Å². The van der Waals surface area contributed by atoms with Crippen LogP contribution < -0.4 is 10.6 Å². The van der Waals surface area contributed by atoms with E-state index in [0.29, 0.717) is 6.07 Å². The van der Waals surface area contributed by atoms with Gasteiger partial charge in [0.25, 0.3) is 0 Å². The van der Waals surface area contributed by atoms with E-state index in [0.717, 1.165) is 6.07 Å². The van der Waals surface area contributed by atoms with Crippen LogP contribution >= 0.6 is 0 Å². The molecule has 20 heavy (non-hydrogen) atoms. The number of anilines is 1. The first-order valence-corrected chi connectivity index (χ1v) is 5.84. The van der Waals surface area contributed by atoms with Crippen LogP contribution in [-0.2, 0) is 9.59 Å². The molecule has 7 heteroatoms. The minimum atomic E-state index is -1.67. The third-order valence-electron chi connectivity index (χ3n) is 2.40. The summed E-state index contributed by atoms with van der Waals surface area (Å²) in [7, 11) is 0. The zero-order valence-electron chi connectivity index (χ0n) is 11.3. The van der Waals surface area contributed by atoms with E-state index in [-0.39, 0.29) is 5.91 Å². The van der Waals surface area contributed by atoms with E-state index in [2.05, 4.69) is 5.32 Å². The number of benzene rings is 1. The lowest BCUT2D eigenvalue weighted by Gasteiger charge is -2.17. The summed E-state index contributed by atoms with van der Waals surface area (Å²) in [5.41, 5.74) is -1.16. The summed E-state index contributed by atoms with van der Waals surface area (Å²) in [6, 6.07) is 1.60. The third kappa shape index (κ3) is 3.97. The van der Waals surface area contributed by atoms with E-state index in [9.17, 15) is 22.8 Å². The molecule has 0 atom stereocenters. The van der Waals surface area contributed by atoms with Crippen molar-refractivity contribution in [3.05, 3.63) is 29.6 Å². The van der Waals surface area contributed by atoms with Crippen molar-refractivity contribution in [3.8, 4) is 0 Å². The van der Waals surface area contributed by atoms with Crippen LogP contribution in [0, 0.1) is 22.9 Å². The van der Waals surface area contributed by atoms with E-state index in [4.69, 9.17) is 0 Å². The molecule has 2 N–H and O–H groups in total. The van der Waals surface area contributed by atoms with E-state index in [1.54, 1.807) is 20.8 Å². The Morgan fingerprint density at radius 3 is 2.25 bits per heavy atom. The molecule has 1 aromatic carbocycles. The standard InChI is InChI=1S/C13H15F3N2O2/c1-13(2,3)12(20)17-6-9(19)18-8-5-4-7(14)10(15)11(8)16/h4-5H,6H2,1-3H3,(H,17,20)(H,18,19). The van der Waals surface area contributed by atoms with Crippen molar-refractivity contribution in [2.75, 3.05) is 11.9 Å². The maximum atomic E-state index is 13.3. The number of hydrogen-bond donors (Lipinski definition) is 2. The summed E-state index contributed by atoms with van der Waals surface area (Å²) in [6.45, 7) is 4.59. The molecule has 4 nitrogen and oxygen atoms in total. The second-order valence-corrected chi connectivity index (χ2v) is 5.20. The SMILES string of the molecule is CC(C)(C)C(=O)NCC(=O)Nc1ccc(F)c(F)c1F. The molecule has 0 bridgehead atoms. The zero-order valence-corrected chi connectivity index (χ0v) is 11.3. The monoisotopic (exact) mass is 288 g/mol. The number of rotatable bonds is 3. The first-order chi connectivity index (χ1) is 9.12. The predicted molar refractivity (Wildman–Crippen MR) is 67.4 cm³/mol. The van der Waals surface area contributed by atoms with Gasteiger partial charge < -0.3 is 10.6 Å². The van der Waals surface area contributed by atoms with Crippen molar-refractivity contribution in [1.82, 2.24) is 5.32 Å². The highest BCUT2D eigenvalue weighted by atomic mass is 19.2. The molecule has 0 saturated heterocycles. The first-order valence-electron chi connectivity index (χ1n) is 5.84. The topological polar surface area (TPSA) is 58.2 Å². The summed E-state index contributed by atoms with van der Waals surface area (Å²) in [5.74, 6) is -5.60. The van der Waals surface area contributed by atoms with Crippen LogP contribution in [0.5, 0.6) is 0 Å². The van der Waals surface area contributed by atoms with Gasteiger partial charge in [-0.1, -0.05) is 20.8 Å². The smallest absolute Gasteiger partial charge is 0.243 e. The van der Waals surface area contributed by atoms with Crippen LogP contribution in [0.4, 0.5) is 18.9 Å². The van der Waals surface area contributed by atoms with Gasteiger partial charge in [0, 0.05) is 5.41 Å². The van der Waals surface area contributed by atoms with Crippen molar-refractivity contribution in [3.63, 3.8) is 0 Å². The minimum absolute atomic E-state index is 0.363. The van der Waals surface area contributed by atoms with Crippen molar-refractivity contribution in [2.45, 2.75) is 20.8 Å². The van der Waals surface area contributed by atoms with Gasteiger partial charge in [-0.2, -0.15) is 0 Å². The van der Waals surface area contributed by atoms with Crippen molar-refractivity contribution < 1.29 is 22.8 Å². The van der Waals surface area contributed by atoms with Crippen LogP contribution in [0.25, 0.3) is 0 Å². The van der Waals surface area contributed by atoms with E-state index in [1.165, 1.54) is 0 Å². The Morgan fingerprint density at radius 2 is 1.70 bits per heavy atom. The summed E-state index contributed by atoms with van der Waals surface area (Å²) in [5, 5.41) is 4.40. The molecular weight excluding hydrogens is 273 g/mol. The predicted octanol–water partition coefficient (Wildman–Crippen LogP) is 2.20. The van der Waals surface area contributed by atoms with Crippen LogP contribution in [0.2, 0.25) is 0 Å². The molecule has 1 rings (SSSR count). The Hall–Kier alpha value is -2.05. The van der Waals surface area contributed by atoms with Crippen LogP contribution in [0.15, 0.2) is 12.1 Å². The number of carbonyl (C=O) groups is 2. The van der Waals surface area contributed by atoms with Gasteiger partial charge in [0.15, 0.2) is 17.5 Å². The number of hydrogen-bond acceptors (Lipinski definition) is 2. The first kappa shape index (κ1) is 16.0. The second-order valence-electron chi connectivity index (χ2n) is 5.20. The van der Waals surface area contributed by atoms with E-state index < -0.39 is 41.0 Å². The van der Waals surface area contributed by atoms with Gasteiger partial charge in [-0.25, -0.2) is 13.2 Å². The highest BCUT2D eigenvalue weighted by Gasteiger charge is 2.22. The molecule has 0 spiro atoms. The molecule has 0 unspecified atom stereocenters. The van der Waals surface area contributed by atoms with Crippen molar-refractivity contribution in [2.24, 2.45) is 5.41 Å². The Kier molecular flexibility index (Phi) is 4.75. The Bertz CT molecular complexity index is 539. The summed E-state index contributed by atoms with van der Waals surface area (Å²) >= 11 is 0. The molecule has 0 aromatic heterocycles. The summed E-state index contributed by atoms with van der Waals surface area (Å²) in [6.07, 6.45) is 0. The minimum Gasteiger partial charge on any atom is -0.347 e. The molecule has 110 valence electrons. The quantitative estimate of drug-likeness (QED) is 0.838. The molecule has 1 aromatic rings. The zero-order chi connectivity index (χ0) is 15.5. The van der Waals surface area contributed by atoms with Gasteiger partial charge in [-0.05, 0) is 12.1 Å².